The van der Waals surface area contributed by atoms with E-state index in [0.29, 0.717) is 89.1 Å². The third kappa shape index (κ3) is 16.0. The average Bonchev–Trinajstić information content (AvgIpc) is 3.35. The summed E-state index contributed by atoms with van der Waals surface area (Å²) in [5.41, 5.74) is 1.30. The van der Waals surface area contributed by atoms with Crippen LogP contribution >= 0.6 is 0 Å². The van der Waals surface area contributed by atoms with Gasteiger partial charge in [0.25, 0.3) is 11.7 Å². The molecule has 0 aromatic rings. The Hall–Kier alpha value is -3.41. The van der Waals surface area contributed by atoms with E-state index in [2.05, 4.69) is 0 Å². The Morgan fingerprint density at radius 2 is 1.56 bits per heavy atom. The van der Waals surface area contributed by atoms with Crippen molar-refractivity contribution in [3.05, 3.63) is 47.6 Å². The van der Waals surface area contributed by atoms with E-state index in [1.54, 1.807) is 34.0 Å². The van der Waals surface area contributed by atoms with E-state index in [1.807, 2.05) is 58.1 Å². The first-order chi connectivity index (χ1) is 33.8. The van der Waals surface area contributed by atoms with Crippen molar-refractivity contribution in [2.75, 3.05) is 40.6 Å². The number of aliphatic hydroxyl groups excluding tert-OH is 2. The van der Waals surface area contributed by atoms with Crippen LogP contribution in [0.3, 0.4) is 0 Å². The Morgan fingerprint density at radius 3 is 2.27 bits per heavy atom. The molecule has 0 aromatic carbocycles. The number of Topliss-reactive ketones (excluding diaryl/α,β-unsaturated/α-hetero) is 3. The number of allylic oxidation sites excluding steroid dienone is 6. The summed E-state index contributed by atoms with van der Waals surface area (Å²) in [5.74, 6) is -7.70. The number of cyclic esters (lactones) is 1. The molecule has 0 spiro atoms. The summed E-state index contributed by atoms with van der Waals surface area (Å²) in [4.78, 5) is 72.6. The van der Waals surface area contributed by atoms with Crippen molar-refractivity contribution in [3.63, 3.8) is 0 Å². The molecule has 0 radical (unpaired) electrons. The number of hydrogen-bond acceptors (Lipinski definition) is 14. The summed E-state index contributed by atoms with van der Waals surface area (Å²) in [5, 5.41) is 34.2. The molecule has 15 heteroatoms. The summed E-state index contributed by atoms with van der Waals surface area (Å²) in [6.07, 6.45) is 13.0. The highest BCUT2D eigenvalue weighted by atomic mass is 16.6. The SMILES string of the molecule is CO[C@@H]1C[C@H](CC(C)[C@@H]2CC(=O)[C@H](C)/C=C(\C)[C@@H](O)[C@@H](OC)C(=O)[C@H](C)C[C@H](C)/C=C/C=C/C=C(\C)[C@H](OCC3CCOCC3)C[C@@H]3CC[C@@H](C)[C@@](O)(O3)C(=O)C(=O)N3CCCC[C@H]3C(=O)O2)CC[C@H]1O. The van der Waals surface area contributed by atoms with Gasteiger partial charge in [0, 0.05) is 64.6 Å². The number of aliphatic hydroxyl groups is 3. The molecule has 71 heavy (non-hydrogen) atoms. The van der Waals surface area contributed by atoms with Crippen molar-refractivity contribution in [1.29, 1.82) is 0 Å². The highest BCUT2D eigenvalue weighted by Gasteiger charge is 2.53. The summed E-state index contributed by atoms with van der Waals surface area (Å²) in [7, 11) is 2.95. The normalized spacial score (nSPS) is 39.6. The van der Waals surface area contributed by atoms with Gasteiger partial charge in [0.15, 0.2) is 5.78 Å². The third-order valence-corrected chi connectivity index (χ3v) is 16.1. The second kappa shape index (κ2) is 27.8. The van der Waals surface area contributed by atoms with E-state index < -0.39 is 83.9 Å². The smallest absolute Gasteiger partial charge is 0.329 e. The van der Waals surface area contributed by atoms with E-state index >= 15 is 0 Å². The lowest BCUT2D eigenvalue weighted by molar-refractivity contribution is -0.266. The van der Waals surface area contributed by atoms with Gasteiger partial charge in [-0.1, -0.05) is 71.1 Å². The molecule has 1 saturated carbocycles. The summed E-state index contributed by atoms with van der Waals surface area (Å²) in [6.45, 7) is 14.7. The van der Waals surface area contributed by atoms with Crippen LogP contribution < -0.4 is 0 Å². The molecule has 400 valence electrons. The molecule has 0 aromatic heterocycles. The van der Waals surface area contributed by atoms with Crippen LogP contribution in [0.4, 0.5) is 0 Å². The maximum Gasteiger partial charge on any atom is 0.329 e. The molecular formula is C56H87NO14. The average molecular weight is 998 g/mol. The van der Waals surface area contributed by atoms with Crippen molar-refractivity contribution >= 4 is 29.2 Å². The van der Waals surface area contributed by atoms with E-state index in [4.69, 9.17) is 28.4 Å². The molecule has 5 rings (SSSR count). The number of ether oxygens (including phenoxy) is 6. The molecule has 5 aliphatic rings. The molecule has 3 saturated heterocycles. The minimum absolute atomic E-state index is 0.00897. The van der Waals surface area contributed by atoms with Gasteiger partial charge in [-0.15, -0.1) is 0 Å². The minimum Gasteiger partial charge on any atom is -0.460 e. The maximum atomic E-state index is 14.5. The standard InChI is InChI=1S/C56H87NO14/c1-34-15-11-10-12-16-35(2)47(69-33-41-22-25-68-26-23-41)31-43-20-18-40(7)56(65,71-43)53(62)54(63)57-24-14-13-17-44(57)55(64)70-48(37(4)29-42-19-21-45(58)49(30-42)66-8)32-46(59)36(3)28-39(6)51(61)52(67-9)50(60)38(5)27-34/h10-12,15-16,28,34,36-38,40-45,47-49,51-52,58,61,65H,13-14,17-27,29-33H2,1-9H3/b12-10+,15-11+,35-16+,39-28+/t34-,36-,37?,38-,40-,42+,43+,44+,45-,47-,48+,49-,51-,52+,56-/m1/s1. The van der Waals surface area contributed by atoms with Crippen molar-refractivity contribution in [2.24, 2.45) is 41.4 Å². The van der Waals surface area contributed by atoms with Crippen molar-refractivity contribution in [3.8, 4) is 0 Å². The fraction of sp³-hybridized carbons (Fsp3) is 0.768. The van der Waals surface area contributed by atoms with Gasteiger partial charge in [0.1, 0.15) is 30.1 Å². The van der Waals surface area contributed by atoms with Gasteiger partial charge >= 0.3 is 5.97 Å². The van der Waals surface area contributed by atoms with Gasteiger partial charge in [0.05, 0.1) is 31.0 Å². The summed E-state index contributed by atoms with van der Waals surface area (Å²) in [6, 6.07) is -1.15. The highest BCUT2D eigenvalue weighted by molar-refractivity contribution is 6.39. The molecule has 2 bridgehead atoms. The highest BCUT2D eigenvalue weighted by Crippen LogP contribution is 2.38. The van der Waals surface area contributed by atoms with Crippen LogP contribution in [0.1, 0.15) is 138 Å². The summed E-state index contributed by atoms with van der Waals surface area (Å²) < 4.78 is 36.0. The fourth-order valence-electron chi connectivity index (χ4n) is 11.2. The first kappa shape index (κ1) is 58.5. The van der Waals surface area contributed by atoms with Crippen LogP contribution in [0.25, 0.3) is 0 Å². The molecule has 3 N–H and O–H groups in total. The minimum atomic E-state index is -2.45. The maximum absolute atomic E-state index is 14.5. The van der Waals surface area contributed by atoms with E-state index in [9.17, 15) is 39.3 Å². The van der Waals surface area contributed by atoms with Crippen molar-refractivity contribution < 1.29 is 67.7 Å². The number of rotatable bonds is 8. The largest absolute Gasteiger partial charge is 0.460 e. The molecule has 1 amide bonds. The van der Waals surface area contributed by atoms with Crippen LogP contribution in [-0.2, 0) is 52.4 Å². The third-order valence-electron chi connectivity index (χ3n) is 16.1. The van der Waals surface area contributed by atoms with Crippen LogP contribution in [0.2, 0.25) is 0 Å². The Labute approximate surface area is 423 Å². The quantitative estimate of drug-likeness (QED) is 0.128. The number of nitrogens with zero attached hydrogens (tertiary/aromatic N) is 1. The van der Waals surface area contributed by atoms with Gasteiger partial charge in [-0.25, -0.2) is 4.79 Å². The topological polar surface area (TPSA) is 205 Å². The number of hydrogen-bond donors (Lipinski definition) is 3. The number of ketones is 3. The summed E-state index contributed by atoms with van der Waals surface area (Å²) >= 11 is 0. The zero-order valence-corrected chi connectivity index (χ0v) is 44.1. The van der Waals surface area contributed by atoms with Gasteiger partial charge in [-0.2, -0.15) is 0 Å². The number of esters is 1. The van der Waals surface area contributed by atoms with Gasteiger partial charge in [0.2, 0.25) is 5.79 Å². The molecule has 4 heterocycles. The number of carbonyl (C=O) groups is 5. The number of fused-ring (bicyclic) bond motifs is 3. The number of methoxy groups -OCH3 is 2. The van der Waals surface area contributed by atoms with Crippen LogP contribution in [0.5, 0.6) is 0 Å². The van der Waals surface area contributed by atoms with E-state index in [1.165, 1.54) is 12.0 Å². The molecular weight excluding hydrogens is 911 g/mol. The van der Waals surface area contributed by atoms with E-state index in [0.717, 1.165) is 24.8 Å². The Kier molecular flexibility index (Phi) is 22.9. The van der Waals surface area contributed by atoms with Crippen molar-refractivity contribution in [2.45, 2.75) is 193 Å². The second-order valence-electron chi connectivity index (χ2n) is 21.7. The van der Waals surface area contributed by atoms with Crippen LogP contribution in [0.15, 0.2) is 47.6 Å². The predicted molar refractivity (Wildman–Crippen MR) is 268 cm³/mol. The first-order valence-corrected chi connectivity index (χ1v) is 26.6. The number of carbonyl (C=O) groups excluding carboxylic acids is 5. The molecule has 15 nitrogen and oxygen atoms in total. The van der Waals surface area contributed by atoms with Gasteiger partial charge in [-0.3, -0.25) is 19.2 Å². The lowest BCUT2D eigenvalue weighted by Gasteiger charge is -2.43. The second-order valence-corrected chi connectivity index (χ2v) is 21.7. The number of piperidine rings is 1. The lowest BCUT2D eigenvalue weighted by atomic mass is 9.78. The first-order valence-electron chi connectivity index (χ1n) is 26.6. The molecule has 1 unspecified atom stereocenters. The monoisotopic (exact) mass is 998 g/mol. The Balaban J connectivity index is 1.48. The molecule has 15 atom stereocenters. The zero-order chi connectivity index (χ0) is 52.0. The van der Waals surface area contributed by atoms with Crippen LogP contribution in [0, 0.1) is 41.4 Å². The lowest BCUT2D eigenvalue weighted by Crippen LogP contribution is -2.61. The number of amides is 1. The van der Waals surface area contributed by atoms with Crippen LogP contribution in [-0.4, -0.2) is 145 Å². The van der Waals surface area contributed by atoms with Gasteiger partial charge in [-0.05, 0) is 126 Å². The molecule has 1 aliphatic carbocycles. The Morgan fingerprint density at radius 1 is 0.831 bits per heavy atom. The molecule has 4 fully saturated rings. The molecule has 4 aliphatic heterocycles. The van der Waals surface area contributed by atoms with Gasteiger partial charge < -0.3 is 48.6 Å². The Bertz CT molecular complexity index is 1910. The predicted octanol–water partition coefficient (Wildman–Crippen LogP) is 6.98. The van der Waals surface area contributed by atoms with Crippen molar-refractivity contribution in [1.82, 2.24) is 4.90 Å². The zero-order valence-electron chi connectivity index (χ0n) is 44.1. The fourth-order valence-corrected chi connectivity index (χ4v) is 11.2. The van der Waals surface area contributed by atoms with E-state index in [-0.39, 0.29) is 54.8 Å².